The number of halogens is 1. The predicted octanol–water partition coefficient (Wildman–Crippen LogP) is 5.61. The first kappa shape index (κ1) is 26.6. The zero-order chi connectivity index (χ0) is 27.2. The van der Waals surface area contributed by atoms with Crippen molar-refractivity contribution in [1.82, 2.24) is 5.43 Å². The van der Waals surface area contributed by atoms with Crippen molar-refractivity contribution in [2.24, 2.45) is 5.10 Å². The molecule has 12 heteroatoms. The maximum absolute atomic E-state index is 12.8. The Bertz CT molecular complexity index is 1550. The van der Waals surface area contributed by atoms with Crippen molar-refractivity contribution in [3.63, 3.8) is 0 Å². The van der Waals surface area contributed by atoms with E-state index in [0.717, 1.165) is 10.1 Å². The molecule has 1 amide bonds. The number of methoxy groups -OCH3 is 1. The van der Waals surface area contributed by atoms with E-state index >= 15 is 0 Å². The van der Waals surface area contributed by atoms with E-state index in [1.54, 1.807) is 18.2 Å². The van der Waals surface area contributed by atoms with E-state index in [1.165, 1.54) is 55.9 Å². The first-order valence-corrected chi connectivity index (χ1v) is 12.3. The molecule has 0 unspecified atom stereocenters. The number of hydrazone groups is 1. The van der Waals surface area contributed by atoms with Crippen LogP contribution in [0, 0.1) is 10.1 Å². The second kappa shape index (κ2) is 11.7. The molecule has 0 saturated carbocycles. The number of nitrogens with zero attached hydrogens (tertiary/aromatic N) is 2. The smallest absolute Gasteiger partial charge is 0.355 e. The number of ether oxygens (including phenoxy) is 3. The number of thiophene rings is 1. The van der Waals surface area contributed by atoms with Crippen LogP contribution in [-0.2, 0) is 4.79 Å². The molecular formula is C26H20ClN3O7S. The predicted molar refractivity (Wildman–Crippen MR) is 144 cm³/mol. The molecule has 10 nitrogen and oxygen atoms in total. The minimum absolute atomic E-state index is 0.0315. The monoisotopic (exact) mass is 553 g/mol. The zero-order valence-electron chi connectivity index (χ0n) is 20.0. The highest BCUT2D eigenvalue weighted by Crippen LogP contribution is 2.37. The zero-order valence-corrected chi connectivity index (χ0v) is 21.6. The van der Waals surface area contributed by atoms with Crippen LogP contribution in [0.4, 0.5) is 5.69 Å². The Hall–Kier alpha value is -4.48. The summed E-state index contributed by atoms with van der Waals surface area (Å²) in [7, 11) is 1.42. The van der Waals surface area contributed by atoms with Gasteiger partial charge < -0.3 is 14.2 Å². The van der Waals surface area contributed by atoms with Crippen molar-refractivity contribution >= 4 is 56.8 Å². The summed E-state index contributed by atoms with van der Waals surface area (Å²) >= 11 is 7.61. The van der Waals surface area contributed by atoms with Gasteiger partial charge in [-0.2, -0.15) is 5.10 Å². The number of esters is 1. The van der Waals surface area contributed by atoms with Gasteiger partial charge in [-0.25, -0.2) is 10.2 Å². The van der Waals surface area contributed by atoms with E-state index in [-0.39, 0.29) is 27.8 Å². The van der Waals surface area contributed by atoms with Crippen LogP contribution in [-0.4, -0.2) is 36.2 Å². The van der Waals surface area contributed by atoms with Crippen molar-refractivity contribution in [2.75, 3.05) is 7.11 Å². The fourth-order valence-electron chi connectivity index (χ4n) is 3.35. The summed E-state index contributed by atoms with van der Waals surface area (Å²) in [6.07, 6.45) is 0.303. The third-order valence-electron chi connectivity index (χ3n) is 5.23. The lowest BCUT2D eigenvalue weighted by Gasteiger charge is -2.12. The Labute approximate surface area is 225 Å². The lowest BCUT2D eigenvalue weighted by molar-refractivity contribution is -0.386. The summed E-state index contributed by atoms with van der Waals surface area (Å²) in [5.74, 6) is -0.818. The Morgan fingerprint density at radius 2 is 1.82 bits per heavy atom. The van der Waals surface area contributed by atoms with Crippen molar-refractivity contribution in [2.45, 2.75) is 13.0 Å². The van der Waals surface area contributed by atoms with Gasteiger partial charge in [-0.1, -0.05) is 41.9 Å². The quantitative estimate of drug-likeness (QED) is 0.0937. The number of hydrogen-bond acceptors (Lipinski definition) is 9. The molecule has 38 heavy (non-hydrogen) atoms. The van der Waals surface area contributed by atoms with Crippen LogP contribution in [0.15, 0.2) is 71.8 Å². The molecule has 0 spiro atoms. The van der Waals surface area contributed by atoms with E-state index in [0.29, 0.717) is 10.6 Å². The maximum Gasteiger partial charge on any atom is 0.355 e. The van der Waals surface area contributed by atoms with Crippen LogP contribution in [0.1, 0.15) is 22.2 Å². The molecule has 0 fully saturated rings. The van der Waals surface area contributed by atoms with E-state index in [2.05, 4.69) is 10.5 Å². The molecule has 1 heterocycles. The summed E-state index contributed by atoms with van der Waals surface area (Å²) in [6.45, 7) is 1.44. The number of nitro groups is 1. The van der Waals surface area contributed by atoms with Gasteiger partial charge >= 0.3 is 11.7 Å². The minimum atomic E-state index is -1.05. The van der Waals surface area contributed by atoms with Gasteiger partial charge in [0, 0.05) is 16.2 Å². The van der Waals surface area contributed by atoms with Crippen molar-refractivity contribution in [3.8, 4) is 17.2 Å². The van der Waals surface area contributed by atoms with E-state index in [9.17, 15) is 19.7 Å². The van der Waals surface area contributed by atoms with Gasteiger partial charge in [0.2, 0.25) is 0 Å². The number of carbonyl (C=O) groups is 2. The number of rotatable bonds is 9. The van der Waals surface area contributed by atoms with E-state index < -0.39 is 22.9 Å². The van der Waals surface area contributed by atoms with Crippen molar-refractivity contribution in [1.29, 1.82) is 0 Å². The fourth-order valence-corrected chi connectivity index (χ4v) is 4.74. The molecule has 3 aromatic carbocycles. The van der Waals surface area contributed by atoms with Crippen LogP contribution in [0.25, 0.3) is 10.1 Å². The third-order valence-corrected chi connectivity index (χ3v) is 6.89. The lowest BCUT2D eigenvalue weighted by Crippen LogP contribution is -2.33. The molecule has 0 aliphatic heterocycles. The fraction of sp³-hybridized carbons (Fsp3) is 0.115. The number of nitro benzene ring substituents is 1. The lowest BCUT2D eigenvalue weighted by atomic mass is 10.2. The summed E-state index contributed by atoms with van der Waals surface area (Å²) in [5.41, 5.74) is 2.61. The first-order valence-electron chi connectivity index (χ1n) is 11.1. The molecule has 0 radical (unpaired) electrons. The third kappa shape index (κ3) is 5.90. The number of para-hydroxylation sites is 2. The maximum atomic E-state index is 12.8. The van der Waals surface area contributed by atoms with Crippen LogP contribution >= 0.6 is 22.9 Å². The number of nitrogens with one attached hydrogen (secondary N) is 1. The van der Waals surface area contributed by atoms with Crippen LogP contribution < -0.4 is 19.6 Å². The van der Waals surface area contributed by atoms with Gasteiger partial charge in [-0.15, -0.1) is 11.3 Å². The van der Waals surface area contributed by atoms with Gasteiger partial charge in [-0.05, 0) is 42.8 Å². The van der Waals surface area contributed by atoms with E-state index in [4.69, 9.17) is 25.8 Å². The molecular weight excluding hydrogens is 534 g/mol. The molecule has 0 aliphatic rings. The molecule has 0 bridgehead atoms. The topological polar surface area (TPSA) is 129 Å². The van der Waals surface area contributed by atoms with Gasteiger partial charge in [-0.3, -0.25) is 14.9 Å². The highest BCUT2D eigenvalue weighted by atomic mass is 35.5. The van der Waals surface area contributed by atoms with Crippen molar-refractivity contribution < 1.29 is 28.7 Å². The highest BCUT2D eigenvalue weighted by Gasteiger charge is 2.22. The molecule has 4 aromatic rings. The Balaban J connectivity index is 1.40. The number of benzene rings is 3. The number of hydrogen-bond donors (Lipinski definition) is 1. The second-order valence-electron chi connectivity index (χ2n) is 7.76. The number of carbonyl (C=O) groups excluding carboxylic acids is 2. The average molecular weight is 554 g/mol. The molecule has 4 rings (SSSR count). The number of amides is 1. The van der Waals surface area contributed by atoms with Crippen molar-refractivity contribution in [3.05, 3.63) is 92.3 Å². The molecule has 0 saturated heterocycles. The Kier molecular flexibility index (Phi) is 8.19. The molecule has 194 valence electrons. The summed E-state index contributed by atoms with van der Waals surface area (Å²) < 4.78 is 17.2. The van der Waals surface area contributed by atoms with Gasteiger partial charge in [0.05, 0.1) is 23.3 Å². The Morgan fingerprint density at radius 1 is 1.08 bits per heavy atom. The van der Waals surface area contributed by atoms with Crippen LogP contribution in [0.5, 0.6) is 17.2 Å². The van der Waals surface area contributed by atoms with Gasteiger partial charge in [0.1, 0.15) is 4.88 Å². The largest absolute Gasteiger partial charge is 0.493 e. The molecule has 1 aromatic heterocycles. The number of fused-ring (bicyclic) bond motifs is 1. The molecule has 1 atom stereocenters. The summed E-state index contributed by atoms with van der Waals surface area (Å²) in [6, 6.07) is 17.9. The first-order chi connectivity index (χ1) is 18.3. The summed E-state index contributed by atoms with van der Waals surface area (Å²) in [5, 5.41) is 16.1. The Morgan fingerprint density at radius 3 is 2.55 bits per heavy atom. The SMILES string of the molecule is COc1cc(/C=N\NC(=O)[C@@H](C)Oc2ccccc2[N+](=O)[O-])ccc1OC(=O)c1sc2ccccc2c1Cl. The standard InChI is InChI=1S/C26H20ClN3O7S/c1-15(36-19-9-5-4-8-18(19)30(33)34)25(31)29-28-14-16-11-12-20(21(13-16)35-2)37-26(32)24-23(27)17-7-3-6-10-22(17)38-24/h3-15H,1-2H3,(H,29,31)/b28-14-/t15-/m1/s1. The highest BCUT2D eigenvalue weighted by molar-refractivity contribution is 7.21. The van der Waals surface area contributed by atoms with Crippen LogP contribution in [0.2, 0.25) is 5.02 Å². The minimum Gasteiger partial charge on any atom is -0.493 e. The van der Waals surface area contributed by atoms with Gasteiger partial charge in [0.25, 0.3) is 5.91 Å². The van der Waals surface area contributed by atoms with E-state index in [1.807, 2.05) is 24.3 Å². The van der Waals surface area contributed by atoms with Crippen LogP contribution in [0.3, 0.4) is 0 Å². The molecule has 1 N–H and O–H groups in total. The molecule has 0 aliphatic carbocycles. The second-order valence-corrected chi connectivity index (χ2v) is 9.19. The normalized spacial score (nSPS) is 11.8. The van der Waals surface area contributed by atoms with Gasteiger partial charge in [0.15, 0.2) is 23.4 Å². The summed E-state index contributed by atoms with van der Waals surface area (Å²) in [4.78, 5) is 35.9. The average Bonchev–Trinajstić information content (AvgIpc) is 3.26.